The van der Waals surface area contributed by atoms with Gasteiger partial charge in [0.25, 0.3) is 0 Å². The lowest BCUT2D eigenvalue weighted by Crippen LogP contribution is -2.46. The highest BCUT2D eigenvalue weighted by molar-refractivity contribution is 5.32. The van der Waals surface area contributed by atoms with Gasteiger partial charge in [-0.2, -0.15) is 5.26 Å². The van der Waals surface area contributed by atoms with Crippen LogP contribution in [0.1, 0.15) is 31.7 Å². The number of hydrogen-bond acceptors (Lipinski definition) is 4. The second kappa shape index (κ2) is 8.14. The van der Waals surface area contributed by atoms with E-state index in [-0.39, 0.29) is 0 Å². The number of nitrogens with zero attached hydrogens (tertiary/aromatic N) is 1. The van der Waals surface area contributed by atoms with Gasteiger partial charge in [0.15, 0.2) is 5.54 Å². The maximum absolute atomic E-state index is 9.72. The smallest absolute Gasteiger partial charge is 0.156 e. The van der Waals surface area contributed by atoms with Crippen LogP contribution in [0.4, 0.5) is 0 Å². The molecule has 1 unspecified atom stereocenters. The number of rotatable bonds is 10. The Bertz CT molecular complexity index is 454. The Hall–Kier alpha value is -1.41. The second-order valence-electron chi connectivity index (χ2n) is 5.47. The Labute approximate surface area is 127 Å². The van der Waals surface area contributed by atoms with Crippen LogP contribution in [0.3, 0.4) is 0 Å². The molecule has 0 saturated heterocycles. The van der Waals surface area contributed by atoms with Gasteiger partial charge in [-0.3, -0.25) is 5.32 Å². The Balaban J connectivity index is 1.94. The van der Waals surface area contributed by atoms with Crippen molar-refractivity contribution in [2.75, 3.05) is 26.4 Å². The van der Waals surface area contributed by atoms with Gasteiger partial charge in [-0.25, -0.2) is 0 Å². The summed E-state index contributed by atoms with van der Waals surface area (Å²) in [5.41, 5.74) is 0.210. The van der Waals surface area contributed by atoms with Crippen molar-refractivity contribution in [1.82, 2.24) is 5.32 Å². The van der Waals surface area contributed by atoms with Crippen LogP contribution in [0.2, 0.25) is 0 Å². The number of nitrogens with one attached hydrogen (secondary N) is 1. The summed E-state index contributed by atoms with van der Waals surface area (Å²) >= 11 is 0. The van der Waals surface area contributed by atoms with Gasteiger partial charge < -0.3 is 9.47 Å². The van der Waals surface area contributed by atoms with Crippen LogP contribution in [0.5, 0.6) is 0 Å². The highest BCUT2D eigenvalue weighted by atomic mass is 16.5. The van der Waals surface area contributed by atoms with Gasteiger partial charge in [-0.1, -0.05) is 37.3 Å². The normalized spacial score (nSPS) is 17.1. The van der Waals surface area contributed by atoms with Crippen LogP contribution >= 0.6 is 0 Å². The quantitative estimate of drug-likeness (QED) is 0.672. The Morgan fingerprint density at radius 2 is 1.90 bits per heavy atom. The summed E-state index contributed by atoms with van der Waals surface area (Å²) in [5, 5.41) is 13.2. The summed E-state index contributed by atoms with van der Waals surface area (Å²) in [6.07, 6.45) is 3.28. The lowest BCUT2D eigenvalue weighted by molar-refractivity contribution is 0.0285. The molecule has 0 bridgehead atoms. The highest BCUT2D eigenvalue weighted by Gasteiger charge is 2.38. The highest BCUT2D eigenvalue weighted by Crippen LogP contribution is 2.28. The summed E-state index contributed by atoms with van der Waals surface area (Å²) in [4.78, 5) is 0. The van der Waals surface area contributed by atoms with Gasteiger partial charge in [0.2, 0.25) is 0 Å². The average Bonchev–Trinajstić information content (AvgIpc) is 3.34. The molecule has 0 aliphatic heterocycles. The molecule has 0 amide bonds. The summed E-state index contributed by atoms with van der Waals surface area (Å²) in [7, 11) is 0. The molecule has 1 N–H and O–H groups in total. The first kappa shape index (κ1) is 16.0. The van der Waals surface area contributed by atoms with Gasteiger partial charge in [0.05, 0.1) is 25.9 Å². The lowest BCUT2D eigenvalue weighted by Gasteiger charge is -2.28. The van der Waals surface area contributed by atoms with E-state index in [4.69, 9.17) is 9.47 Å². The van der Waals surface area contributed by atoms with Gasteiger partial charge in [-0.15, -0.1) is 0 Å². The van der Waals surface area contributed by atoms with E-state index < -0.39 is 5.54 Å². The summed E-state index contributed by atoms with van der Waals surface area (Å²) in [6.45, 7) is 4.28. The van der Waals surface area contributed by atoms with Gasteiger partial charge in [0.1, 0.15) is 0 Å². The molecular formula is C17H24N2O2. The molecule has 2 rings (SSSR count). The second-order valence-corrected chi connectivity index (χ2v) is 5.47. The predicted octanol–water partition coefficient (Wildman–Crippen LogP) is 2.60. The number of nitriles is 1. The van der Waals surface area contributed by atoms with Crippen LogP contribution in [0.15, 0.2) is 30.3 Å². The first-order valence-corrected chi connectivity index (χ1v) is 7.70. The van der Waals surface area contributed by atoms with E-state index in [1.165, 1.54) is 0 Å². The number of ether oxygens (including phenoxy) is 2. The summed E-state index contributed by atoms with van der Waals surface area (Å²) in [6, 6.07) is 12.7. The minimum Gasteiger partial charge on any atom is -0.379 e. The molecule has 1 aliphatic carbocycles. The first-order chi connectivity index (χ1) is 10.3. The minimum atomic E-state index is -0.757. The van der Waals surface area contributed by atoms with E-state index in [1.54, 1.807) is 0 Å². The third-order valence-electron chi connectivity index (χ3n) is 3.52. The molecule has 0 aromatic heterocycles. The molecule has 21 heavy (non-hydrogen) atoms. The topological polar surface area (TPSA) is 54.3 Å². The number of hydrogen-bond donors (Lipinski definition) is 1. The average molecular weight is 288 g/mol. The lowest BCUT2D eigenvalue weighted by atomic mass is 9.92. The molecule has 1 saturated carbocycles. The van der Waals surface area contributed by atoms with E-state index in [0.29, 0.717) is 25.9 Å². The fourth-order valence-electron chi connectivity index (χ4n) is 2.23. The van der Waals surface area contributed by atoms with Gasteiger partial charge in [0, 0.05) is 12.6 Å². The molecular weight excluding hydrogens is 264 g/mol. The molecule has 1 fully saturated rings. The van der Waals surface area contributed by atoms with Crippen LogP contribution in [-0.2, 0) is 15.0 Å². The maximum Gasteiger partial charge on any atom is 0.156 e. The predicted molar refractivity (Wildman–Crippen MR) is 81.8 cm³/mol. The third-order valence-corrected chi connectivity index (χ3v) is 3.52. The molecule has 1 aromatic rings. The number of benzene rings is 1. The van der Waals surface area contributed by atoms with Crippen molar-refractivity contribution in [2.24, 2.45) is 0 Å². The van der Waals surface area contributed by atoms with Crippen molar-refractivity contribution in [1.29, 1.82) is 5.26 Å². The standard InChI is InChI=1S/C17H24N2O2/c1-2-10-20-11-12-21-14-17(13-18,19-16-8-9-16)15-6-4-3-5-7-15/h3-7,16,19H,2,8-12,14H2,1H3. The van der Waals surface area contributed by atoms with Crippen LogP contribution in [-0.4, -0.2) is 32.5 Å². The molecule has 114 valence electrons. The molecule has 4 heteroatoms. The van der Waals surface area contributed by atoms with E-state index in [0.717, 1.165) is 31.4 Å². The zero-order valence-electron chi connectivity index (χ0n) is 12.7. The maximum atomic E-state index is 9.72. The monoisotopic (exact) mass is 288 g/mol. The van der Waals surface area contributed by atoms with Crippen molar-refractivity contribution < 1.29 is 9.47 Å². The van der Waals surface area contributed by atoms with Gasteiger partial charge >= 0.3 is 0 Å². The van der Waals surface area contributed by atoms with Crippen LogP contribution in [0, 0.1) is 11.3 Å². The van der Waals surface area contributed by atoms with Crippen molar-refractivity contribution in [2.45, 2.75) is 37.8 Å². The van der Waals surface area contributed by atoms with Crippen molar-refractivity contribution in [3.8, 4) is 6.07 Å². The molecule has 0 radical (unpaired) electrons. The molecule has 1 aromatic carbocycles. The summed E-state index contributed by atoms with van der Waals surface area (Å²) in [5.74, 6) is 0. The van der Waals surface area contributed by atoms with Crippen molar-refractivity contribution in [3.63, 3.8) is 0 Å². The Kier molecular flexibility index (Phi) is 6.19. The van der Waals surface area contributed by atoms with E-state index >= 15 is 0 Å². The zero-order chi connectivity index (χ0) is 15.0. The third kappa shape index (κ3) is 4.82. The van der Waals surface area contributed by atoms with Crippen LogP contribution in [0.25, 0.3) is 0 Å². The SMILES string of the molecule is CCCOCCOCC(C#N)(NC1CC1)c1ccccc1. The van der Waals surface area contributed by atoms with E-state index in [9.17, 15) is 5.26 Å². The fraction of sp³-hybridized carbons (Fsp3) is 0.588. The fourth-order valence-corrected chi connectivity index (χ4v) is 2.23. The molecule has 1 atom stereocenters. The summed E-state index contributed by atoms with van der Waals surface area (Å²) < 4.78 is 11.1. The first-order valence-electron chi connectivity index (χ1n) is 7.70. The van der Waals surface area contributed by atoms with Crippen molar-refractivity contribution in [3.05, 3.63) is 35.9 Å². The van der Waals surface area contributed by atoms with E-state index in [2.05, 4.69) is 18.3 Å². The molecule has 4 nitrogen and oxygen atoms in total. The molecule has 0 heterocycles. The largest absolute Gasteiger partial charge is 0.379 e. The van der Waals surface area contributed by atoms with E-state index in [1.807, 2.05) is 30.3 Å². The van der Waals surface area contributed by atoms with Crippen LogP contribution < -0.4 is 5.32 Å². The minimum absolute atomic E-state index is 0.347. The van der Waals surface area contributed by atoms with Gasteiger partial charge in [-0.05, 0) is 24.8 Å². The molecule has 0 spiro atoms. The molecule has 1 aliphatic rings. The Morgan fingerprint density at radius 1 is 1.19 bits per heavy atom. The Morgan fingerprint density at radius 3 is 2.52 bits per heavy atom. The zero-order valence-corrected chi connectivity index (χ0v) is 12.7. The van der Waals surface area contributed by atoms with Crippen molar-refractivity contribution >= 4 is 0 Å².